The Balaban J connectivity index is 1.94. The van der Waals surface area contributed by atoms with Crippen LogP contribution in [0, 0.1) is 0 Å². The number of aromatic nitrogens is 1. The molecule has 0 saturated carbocycles. The summed E-state index contributed by atoms with van der Waals surface area (Å²) >= 11 is 0. The van der Waals surface area contributed by atoms with Crippen molar-refractivity contribution in [3.63, 3.8) is 0 Å². The highest BCUT2D eigenvalue weighted by atomic mass is 16.5. The molecule has 1 aliphatic rings. The summed E-state index contributed by atoms with van der Waals surface area (Å²) in [7, 11) is 0. The van der Waals surface area contributed by atoms with Crippen LogP contribution in [0.4, 0.5) is 0 Å². The summed E-state index contributed by atoms with van der Waals surface area (Å²) in [5.41, 5.74) is 2.10. The Morgan fingerprint density at radius 2 is 1.89 bits per heavy atom. The molecule has 1 aromatic carbocycles. The van der Waals surface area contributed by atoms with E-state index in [9.17, 15) is 4.79 Å². The van der Waals surface area contributed by atoms with Gasteiger partial charge in [-0.1, -0.05) is 35.5 Å². The number of carbonyl (C=O) groups excluding carboxylic acids is 1. The van der Waals surface area contributed by atoms with Gasteiger partial charge in [0.15, 0.2) is 0 Å². The first-order chi connectivity index (χ1) is 8.86. The Kier molecular flexibility index (Phi) is 2.84. The Morgan fingerprint density at radius 3 is 2.61 bits per heavy atom. The highest BCUT2D eigenvalue weighted by molar-refractivity contribution is 5.99. The van der Waals surface area contributed by atoms with Gasteiger partial charge >= 0.3 is 0 Å². The van der Waals surface area contributed by atoms with Crippen LogP contribution in [0.5, 0.6) is 0 Å². The third-order valence-corrected chi connectivity index (χ3v) is 3.24. The standard InChI is InChI=1S/C14H14N2O2/c17-14(16-8-4-5-9-16)12-10-18-15-13(12)11-6-2-1-3-7-11/h1-3,6-7,10H,4-5,8-9H2. The largest absolute Gasteiger partial charge is 0.363 e. The maximum Gasteiger partial charge on any atom is 0.259 e. The van der Waals surface area contributed by atoms with Gasteiger partial charge in [0.25, 0.3) is 5.91 Å². The summed E-state index contributed by atoms with van der Waals surface area (Å²) in [6.07, 6.45) is 3.61. The monoisotopic (exact) mass is 242 g/mol. The molecule has 4 heteroatoms. The second-order valence-electron chi connectivity index (χ2n) is 4.44. The molecular formula is C14H14N2O2. The van der Waals surface area contributed by atoms with Gasteiger partial charge < -0.3 is 9.42 Å². The van der Waals surface area contributed by atoms with Gasteiger partial charge in [0.2, 0.25) is 0 Å². The molecule has 0 N–H and O–H groups in total. The summed E-state index contributed by atoms with van der Waals surface area (Å²) in [5.74, 6) is 0.0209. The summed E-state index contributed by atoms with van der Waals surface area (Å²) < 4.78 is 4.98. The van der Waals surface area contributed by atoms with Crippen LogP contribution in [0.3, 0.4) is 0 Å². The highest BCUT2D eigenvalue weighted by Crippen LogP contribution is 2.24. The van der Waals surface area contributed by atoms with Crippen LogP contribution < -0.4 is 0 Å². The first-order valence-electron chi connectivity index (χ1n) is 6.15. The van der Waals surface area contributed by atoms with E-state index in [2.05, 4.69) is 5.16 Å². The molecule has 0 bridgehead atoms. The molecule has 1 aromatic heterocycles. The van der Waals surface area contributed by atoms with E-state index >= 15 is 0 Å². The van der Waals surface area contributed by atoms with Crippen molar-refractivity contribution < 1.29 is 9.32 Å². The molecule has 1 saturated heterocycles. The molecule has 18 heavy (non-hydrogen) atoms. The number of amides is 1. The smallest absolute Gasteiger partial charge is 0.259 e. The van der Waals surface area contributed by atoms with Crippen molar-refractivity contribution in [2.45, 2.75) is 12.8 Å². The Hall–Kier alpha value is -2.10. The second kappa shape index (κ2) is 4.64. The van der Waals surface area contributed by atoms with Crippen molar-refractivity contribution >= 4 is 5.91 Å². The number of carbonyl (C=O) groups is 1. The van der Waals surface area contributed by atoms with Crippen molar-refractivity contribution in [1.29, 1.82) is 0 Å². The average Bonchev–Trinajstić information content (AvgIpc) is 3.10. The first-order valence-corrected chi connectivity index (χ1v) is 6.15. The molecule has 1 aliphatic heterocycles. The van der Waals surface area contributed by atoms with Crippen LogP contribution in [-0.4, -0.2) is 29.1 Å². The lowest BCUT2D eigenvalue weighted by Crippen LogP contribution is -2.27. The van der Waals surface area contributed by atoms with E-state index < -0.39 is 0 Å². The van der Waals surface area contributed by atoms with Crippen molar-refractivity contribution in [2.24, 2.45) is 0 Å². The van der Waals surface area contributed by atoms with E-state index in [1.165, 1.54) is 6.26 Å². The SMILES string of the molecule is O=C(c1conc1-c1ccccc1)N1CCCC1. The number of hydrogen-bond acceptors (Lipinski definition) is 3. The first kappa shape index (κ1) is 11.0. The molecule has 0 atom stereocenters. The summed E-state index contributed by atoms with van der Waals surface area (Å²) in [5, 5.41) is 3.96. The minimum atomic E-state index is 0.0209. The van der Waals surface area contributed by atoms with Crippen LogP contribution in [-0.2, 0) is 0 Å². The molecule has 0 aliphatic carbocycles. The quantitative estimate of drug-likeness (QED) is 0.813. The molecule has 0 spiro atoms. The van der Waals surface area contributed by atoms with E-state index in [-0.39, 0.29) is 5.91 Å². The predicted molar refractivity (Wildman–Crippen MR) is 67.1 cm³/mol. The van der Waals surface area contributed by atoms with E-state index in [4.69, 9.17) is 4.52 Å². The van der Waals surface area contributed by atoms with Gasteiger partial charge in [0.05, 0.1) is 0 Å². The minimum Gasteiger partial charge on any atom is -0.363 e. The predicted octanol–water partition coefficient (Wildman–Crippen LogP) is 2.58. The highest BCUT2D eigenvalue weighted by Gasteiger charge is 2.24. The molecule has 92 valence electrons. The van der Waals surface area contributed by atoms with Crippen molar-refractivity contribution in [3.05, 3.63) is 42.2 Å². The molecule has 2 aromatic rings. The van der Waals surface area contributed by atoms with E-state index in [0.717, 1.165) is 31.5 Å². The molecule has 3 rings (SSSR count). The Morgan fingerprint density at radius 1 is 1.17 bits per heavy atom. The van der Waals surface area contributed by atoms with Gasteiger partial charge in [-0.25, -0.2) is 0 Å². The molecule has 1 amide bonds. The topological polar surface area (TPSA) is 46.3 Å². The van der Waals surface area contributed by atoms with Gasteiger partial charge in [-0.05, 0) is 12.8 Å². The fraction of sp³-hybridized carbons (Fsp3) is 0.286. The lowest BCUT2D eigenvalue weighted by atomic mass is 10.1. The summed E-state index contributed by atoms with van der Waals surface area (Å²) in [6, 6.07) is 9.64. The zero-order valence-electron chi connectivity index (χ0n) is 10.0. The number of likely N-dealkylation sites (tertiary alicyclic amines) is 1. The second-order valence-corrected chi connectivity index (χ2v) is 4.44. The van der Waals surface area contributed by atoms with Crippen molar-refractivity contribution in [3.8, 4) is 11.3 Å². The Bertz CT molecular complexity index is 542. The maximum absolute atomic E-state index is 12.3. The molecule has 0 radical (unpaired) electrons. The van der Waals surface area contributed by atoms with Gasteiger partial charge in [-0.15, -0.1) is 0 Å². The molecule has 0 unspecified atom stereocenters. The lowest BCUT2D eigenvalue weighted by Gasteiger charge is -2.14. The number of hydrogen-bond donors (Lipinski definition) is 0. The van der Waals surface area contributed by atoms with E-state index in [1.54, 1.807) is 0 Å². The fourth-order valence-corrected chi connectivity index (χ4v) is 2.28. The Labute approximate surface area is 105 Å². The number of nitrogens with zero attached hydrogens (tertiary/aromatic N) is 2. The summed E-state index contributed by atoms with van der Waals surface area (Å²) in [4.78, 5) is 14.2. The van der Waals surface area contributed by atoms with Gasteiger partial charge in [0, 0.05) is 18.7 Å². The molecule has 4 nitrogen and oxygen atoms in total. The third-order valence-electron chi connectivity index (χ3n) is 3.24. The normalized spacial score (nSPS) is 15.0. The van der Waals surface area contributed by atoms with E-state index in [1.807, 2.05) is 35.2 Å². The molecule has 1 fully saturated rings. The lowest BCUT2D eigenvalue weighted by molar-refractivity contribution is 0.0793. The number of rotatable bonds is 2. The van der Waals surface area contributed by atoms with Gasteiger partial charge in [0.1, 0.15) is 17.5 Å². The average molecular weight is 242 g/mol. The molecular weight excluding hydrogens is 228 g/mol. The van der Waals surface area contributed by atoms with Crippen LogP contribution >= 0.6 is 0 Å². The zero-order valence-corrected chi connectivity index (χ0v) is 10.0. The summed E-state index contributed by atoms with van der Waals surface area (Å²) in [6.45, 7) is 1.66. The molecule has 2 heterocycles. The third kappa shape index (κ3) is 1.90. The maximum atomic E-state index is 12.3. The zero-order chi connectivity index (χ0) is 12.4. The van der Waals surface area contributed by atoms with Crippen molar-refractivity contribution in [2.75, 3.05) is 13.1 Å². The van der Waals surface area contributed by atoms with Crippen LogP contribution in [0.25, 0.3) is 11.3 Å². The van der Waals surface area contributed by atoms with Gasteiger partial charge in [-0.2, -0.15) is 0 Å². The van der Waals surface area contributed by atoms with Crippen LogP contribution in [0.1, 0.15) is 23.2 Å². The van der Waals surface area contributed by atoms with Gasteiger partial charge in [-0.3, -0.25) is 4.79 Å². The van der Waals surface area contributed by atoms with Crippen LogP contribution in [0.15, 0.2) is 41.1 Å². The van der Waals surface area contributed by atoms with Crippen molar-refractivity contribution in [1.82, 2.24) is 10.1 Å². The van der Waals surface area contributed by atoms with E-state index in [0.29, 0.717) is 11.3 Å². The van der Waals surface area contributed by atoms with Crippen LogP contribution in [0.2, 0.25) is 0 Å². The number of benzene rings is 1. The minimum absolute atomic E-state index is 0.0209. The fourth-order valence-electron chi connectivity index (χ4n) is 2.28.